The molecule has 0 radical (unpaired) electrons. The standard InChI is InChI=1S/C29H31N3O4/c1-34-26-13-12-22(18-27(26)35-2)29(33)31-16-14-21(15-17-31)19-32-25-11-7-6-10-24(25)30-28(32)20-36-23-8-4-3-5-9-23/h3-13,18,21H,14-17,19-20H2,1-2H3. The van der Waals surface area contributed by atoms with Crippen LogP contribution in [0.4, 0.5) is 0 Å². The first-order valence-electron chi connectivity index (χ1n) is 12.3. The molecule has 186 valence electrons. The van der Waals surface area contributed by atoms with E-state index in [9.17, 15) is 4.79 Å². The molecule has 36 heavy (non-hydrogen) atoms. The molecule has 1 aromatic heterocycles. The molecule has 0 unspecified atom stereocenters. The molecule has 0 bridgehead atoms. The number of carbonyl (C=O) groups excluding carboxylic acids is 1. The van der Waals surface area contributed by atoms with Crippen LogP contribution in [0.1, 0.15) is 29.0 Å². The van der Waals surface area contributed by atoms with Gasteiger partial charge in [0.2, 0.25) is 0 Å². The van der Waals surface area contributed by atoms with Crippen LogP contribution in [0.25, 0.3) is 11.0 Å². The number of aromatic nitrogens is 2. The third-order valence-corrected chi connectivity index (χ3v) is 6.82. The van der Waals surface area contributed by atoms with Crippen molar-refractivity contribution in [2.75, 3.05) is 27.3 Å². The van der Waals surface area contributed by atoms with Crippen molar-refractivity contribution in [2.24, 2.45) is 5.92 Å². The molecule has 0 atom stereocenters. The Morgan fingerprint density at radius 2 is 1.64 bits per heavy atom. The van der Waals surface area contributed by atoms with Gasteiger partial charge in [0, 0.05) is 25.2 Å². The molecule has 2 heterocycles. The highest BCUT2D eigenvalue weighted by molar-refractivity contribution is 5.95. The quantitative estimate of drug-likeness (QED) is 0.344. The fourth-order valence-electron chi connectivity index (χ4n) is 4.83. The fraction of sp³-hybridized carbons (Fsp3) is 0.310. The number of benzene rings is 3. The van der Waals surface area contributed by atoms with Crippen molar-refractivity contribution >= 4 is 16.9 Å². The third-order valence-electron chi connectivity index (χ3n) is 6.82. The van der Waals surface area contributed by atoms with Crippen LogP contribution in [-0.4, -0.2) is 47.7 Å². The third kappa shape index (κ3) is 5.00. The minimum Gasteiger partial charge on any atom is -0.493 e. The van der Waals surface area contributed by atoms with E-state index >= 15 is 0 Å². The number of para-hydroxylation sites is 3. The maximum atomic E-state index is 13.1. The van der Waals surface area contributed by atoms with Gasteiger partial charge in [0.25, 0.3) is 5.91 Å². The summed E-state index contributed by atoms with van der Waals surface area (Å²) in [5.74, 6) is 3.41. The van der Waals surface area contributed by atoms with Gasteiger partial charge in [-0.15, -0.1) is 0 Å². The van der Waals surface area contributed by atoms with Gasteiger partial charge in [-0.3, -0.25) is 4.79 Å². The van der Waals surface area contributed by atoms with Crippen molar-refractivity contribution in [3.8, 4) is 17.2 Å². The topological polar surface area (TPSA) is 65.8 Å². The molecule has 7 heteroatoms. The molecule has 0 N–H and O–H groups in total. The summed E-state index contributed by atoms with van der Waals surface area (Å²) >= 11 is 0. The van der Waals surface area contributed by atoms with Crippen LogP contribution in [0, 0.1) is 5.92 Å². The monoisotopic (exact) mass is 485 g/mol. The number of methoxy groups -OCH3 is 2. The molecular formula is C29H31N3O4. The highest BCUT2D eigenvalue weighted by Crippen LogP contribution is 2.29. The van der Waals surface area contributed by atoms with Crippen LogP contribution >= 0.6 is 0 Å². The van der Waals surface area contributed by atoms with Crippen LogP contribution < -0.4 is 14.2 Å². The zero-order valence-corrected chi connectivity index (χ0v) is 20.7. The van der Waals surface area contributed by atoms with Gasteiger partial charge in [0.05, 0.1) is 25.3 Å². The zero-order chi connectivity index (χ0) is 24.9. The summed E-state index contributed by atoms with van der Waals surface area (Å²) in [7, 11) is 3.17. The maximum Gasteiger partial charge on any atom is 0.253 e. The number of likely N-dealkylation sites (tertiary alicyclic amines) is 1. The van der Waals surface area contributed by atoms with Gasteiger partial charge in [0.15, 0.2) is 11.5 Å². The van der Waals surface area contributed by atoms with Gasteiger partial charge < -0.3 is 23.7 Å². The zero-order valence-electron chi connectivity index (χ0n) is 20.7. The Labute approximate surface area is 211 Å². The molecule has 1 amide bonds. The van der Waals surface area contributed by atoms with Gasteiger partial charge in [-0.2, -0.15) is 0 Å². The highest BCUT2D eigenvalue weighted by atomic mass is 16.5. The summed E-state index contributed by atoms with van der Waals surface area (Å²) in [6.07, 6.45) is 1.87. The molecule has 1 saturated heterocycles. The highest BCUT2D eigenvalue weighted by Gasteiger charge is 2.26. The first-order valence-corrected chi connectivity index (χ1v) is 12.3. The van der Waals surface area contributed by atoms with E-state index < -0.39 is 0 Å². The predicted molar refractivity (Wildman–Crippen MR) is 139 cm³/mol. The Morgan fingerprint density at radius 3 is 2.39 bits per heavy atom. The van der Waals surface area contributed by atoms with Gasteiger partial charge in [-0.1, -0.05) is 30.3 Å². The number of fused-ring (bicyclic) bond motifs is 1. The Bertz CT molecular complexity index is 1330. The average molecular weight is 486 g/mol. The molecule has 5 rings (SSSR count). The number of nitrogens with zero attached hydrogens (tertiary/aromatic N) is 3. The molecular weight excluding hydrogens is 454 g/mol. The van der Waals surface area contributed by atoms with Gasteiger partial charge in [-0.05, 0) is 61.2 Å². The molecule has 7 nitrogen and oxygen atoms in total. The lowest BCUT2D eigenvalue weighted by molar-refractivity contribution is 0.0682. The van der Waals surface area contributed by atoms with E-state index in [0.29, 0.717) is 29.6 Å². The summed E-state index contributed by atoms with van der Waals surface area (Å²) in [5, 5.41) is 0. The first kappa shape index (κ1) is 23.7. The van der Waals surface area contributed by atoms with Gasteiger partial charge in [-0.25, -0.2) is 4.98 Å². The van der Waals surface area contributed by atoms with Crippen molar-refractivity contribution in [2.45, 2.75) is 26.0 Å². The molecule has 4 aromatic rings. The Balaban J connectivity index is 1.26. The molecule has 3 aromatic carbocycles. The van der Waals surface area contributed by atoms with Gasteiger partial charge >= 0.3 is 0 Å². The Kier molecular flexibility index (Phi) is 7.07. The second-order valence-corrected chi connectivity index (χ2v) is 9.03. The second-order valence-electron chi connectivity index (χ2n) is 9.03. The van der Waals surface area contributed by atoms with E-state index in [-0.39, 0.29) is 5.91 Å². The van der Waals surface area contributed by atoms with E-state index in [4.69, 9.17) is 19.2 Å². The lowest BCUT2D eigenvalue weighted by atomic mass is 9.96. The molecule has 0 spiro atoms. The molecule has 0 saturated carbocycles. The Morgan fingerprint density at radius 1 is 0.917 bits per heavy atom. The number of imidazole rings is 1. The molecule has 1 aliphatic rings. The molecule has 1 fully saturated rings. The molecule has 0 aliphatic carbocycles. The number of ether oxygens (including phenoxy) is 3. The summed E-state index contributed by atoms with van der Waals surface area (Å²) in [5.41, 5.74) is 2.71. The minimum absolute atomic E-state index is 0.0273. The van der Waals surface area contributed by atoms with E-state index in [1.807, 2.05) is 53.4 Å². The van der Waals surface area contributed by atoms with Crippen molar-refractivity contribution < 1.29 is 19.0 Å². The summed E-state index contributed by atoms with van der Waals surface area (Å²) < 4.78 is 19.0. The van der Waals surface area contributed by atoms with Crippen LogP contribution in [0.2, 0.25) is 0 Å². The smallest absolute Gasteiger partial charge is 0.253 e. The average Bonchev–Trinajstić information content (AvgIpc) is 3.29. The van der Waals surface area contributed by atoms with E-state index in [0.717, 1.165) is 55.1 Å². The van der Waals surface area contributed by atoms with Crippen LogP contribution in [0.15, 0.2) is 72.8 Å². The van der Waals surface area contributed by atoms with Crippen LogP contribution in [-0.2, 0) is 13.2 Å². The van der Waals surface area contributed by atoms with Crippen LogP contribution in [0.5, 0.6) is 17.2 Å². The summed E-state index contributed by atoms with van der Waals surface area (Å²) in [6, 6.07) is 23.4. The summed E-state index contributed by atoms with van der Waals surface area (Å²) in [6.45, 7) is 2.71. The predicted octanol–water partition coefficient (Wildman–Crippen LogP) is 5.18. The lowest BCUT2D eigenvalue weighted by Crippen LogP contribution is -2.39. The fourth-order valence-corrected chi connectivity index (χ4v) is 4.83. The first-order chi connectivity index (χ1) is 17.7. The van der Waals surface area contributed by atoms with Crippen molar-refractivity contribution in [3.05, 3.63) is 84.2 Å². The lowest BCUT2D eigenvalue weighted by Gasteiger charge is -2.32. The second kappa shape index (κ2) is 10.7. The van der Waals surface area contributed by atoms with Gasteiger partial charge in [0.1, 0.15) is 18.2 Å². The van der Waals surface area contributed by atoms with E-state index in [2.05, 4.69) is 10.6 Å². The largest absolute Gasteiger partial charge is 0.493 e. The number of hydrogen-bond acceptors (Lipinski definition) is 5. The molecule has 1 aliphatic heterocycles. The number of carbonyl (C=O) groups is 1. The van der Waals surface area contributed by atoms with Crippen molar-refractivity contribution in [1.29, 1.82) is 0 Å². The number of rotatable bonds is 8. The number of piperidine rings is 1. The van der Waals surface area contributed by atoms with Crippen molar-refractivity contribution in [1.82, 2.24) is 14.5 Å². The van der Waals surface area contributed by atoms with Crippen molar-refractivity contribution in [3.63, 3.8) is 0 Å². The van der Waals surface area contributed by atoms with E-state index in [1.54, 1.807) is 32.4 Å². The van der Waals surface area contributed by atoms with Crippen LogP contribution in [0.3, 0.4) is 0 Å². The number of hydrogen-bond donors (Lipinski definition) is 0. The summed E-state index contributed by atoms with van der Waals surface area (Å²) in [4.78, 5) is 19.9. The normalized spacial score (nSPS) is 14.1. The SMILES string of the molecule is COc1ccc(C(=O)N2CCC(Cn3c(COc4ccccc4)nc4ccccc43)CC2)cc1OC. The van der Waals surface area contributed by atoms with E-state index in [1.165, 1.54) is 0 Å². The minimum atomic E-state index is 0.0273. The Hall–Kier alpha value is -4.00. The maximum absolute atomic E-state index is 13.1. The number of amides is 1.